The fourth-order valence-electron chi connectivity index (χ4n) is 3.76. The average molecular weight is 371 g/mol. The molecule has 2 heterocycles. The molecule has 2 saturated heterocycles. The van der Waals surface area contributed by atoms with Crippen molar-refractivity contribution >= 4 is 34.8 Å². The zero-order chi connectivity index (χ0) is 18.3. The van der Waals surface area contributed by atoms with Crippen molar-refractivity contribution in [2.45, 2.75) is 31.9 Å². The topological polar surface area (TPSA) is 49.9 Å². The molecule has 4 rings (SSSR count). The summed E-state index contributed by atoms with van der Waals surface area (Å²) < 4.78 is 0. The highest BCUT2D eigenvalue weighted by molar-refractivity contribution is 6.31. The Morgan fingerprint density at radius 3 is 2.31 bits per heavy atom. The number of imide groups is 1. The molecular formula is C20H19ClN2O3. The summed E-state index contributed by atoms with van der Waals surface area (Å²) in [6.45, 7) is 2.06. The van der Waals surface area contributed by atoms with Crippen LogP contribution in [-0.4, -0.2) is 24.0 Å². The van der Waals surface area contributed by atoms with Gasteiger partial charge in [-0.1, -0.05) is 43.1 Å². The van der Waals surface area contributed by atoms with E-state index in [0.717, 1.165) is 18.5 Å². The van der Waals surface area contributed by atoms with Crippen molar-refractivity contribution in [2.75, 3.05) is 9.96 Å². The van der Waals surface area contributed by atoms with E-state index in [0.29, 0.717) is 10.7 Å². The number of para-hydroxylation sites is 1. The van der Waals surface area contributed by atoms with Crippen LogP contribution in [0.2, 0.25) is 5.02 Å². The molecule has 3 atom stereocenters. The van der Waals surface area contributed by atoms with Crippen LogP contribution in [0.1, 0.15) is 19.8 Å². The number of rotatable bonds is 4. The molecular weight excluding hydrogens is 352 g/mol. The summed E-state index contributed by atoms with van der Waals surface area (Å²) in [4.78, 5) is 33.3. The van der Waals surface area contributed by atoms with Crippen LogP contribution in [0.5, 0.6) is 0 Å². The first-order chi connectivity index (χ1) is 12.6. The maximum Gasteiger partial charge on any atom is 0.266 e. The molecule has 0 bridgehead atoms. The van der Waals surface area contributed by atoms with Gasteiger partial charge in [0.2, 0.25) is 5.91 Å². The quantitative estimate of drug-likeness (QED) is 0.768. The molecule has 0 unspecified atom stereocenters. The van der Waals surface area contributed by atoms with Crippen LogP contribution in [-0.2, 0) is 14.4 Å². The van der Waals surface area contributed by atoms with E-state index >= 15 is 0 Å². The normalized spacial score (nSPS) is 25.1. The van der Waals surface area contributed by atoms with Gasteiger partial charge in [-0.05, 0) is 42.8 Å². The van der Waals surface area contributed by atoms with Crippen LogP contribution in [0.25, 0.3) is 0 Å². The van der Waals surface area contributed by atoms with Gasteiger partial charge in [-0.25, -0.2) is 9.96 Å². The minimum atomic E-state index is -0.782. The number of nitrogens with zero attached hydrogens (tertiary/aromatic N) is 2. The van der Waals surface area contributed by atoms with Crippen molar-refractivity contribution in [3.8, 4) is 0 Å². The third-order valence-electron chi connectivity index (χ3n) is 4.92. The summed E-state index contributed by atoms with van der Waals surface area (Å²) in [6.07, 6.45) is 0.877. The van der Waals surface area contributed by atoms with Gasteiger partial charge in [0.05, 0.1) is 23.3 Å². The number of benzene rings is 2. The van der Waals surface area contributed by atoms with E-state index in [1.54, 1.807) is 29.3 Å². The second-order valence-corrected chi connectivity index (χ2v) is 6.99. The van der Waals surface area contributed by atoms with Gasteiger partial charge in [0.25, 0.3) is 5.91 Å². The predicted molar refractivity (Wildman–Crippen MR) is 99.9 cm³/mol. The first-order valence-electron chi connectivity index (χ1n) is 8.76. The highest BCUT2D eigenvalue weighted by Crippen LogP contribution is 2.41. The van der Waals surface area contributed by atoms with E-state index in [1.807, 2.05) is 30.3 Å². The third kappa shape index (κ3) is 2.68. The molecule has 6 heteroatoms. The van der Waals surface area contributed by atoms with Crippen LogP contribution >= 0.6 is 11.6 Å². The highest BCUT2D eigenvalue weighted by atomic mass is 35.5. The molecule has 0 N–H and O–H groups in total. The second kappa shape index (κ2) is 6.74. The molecule has 2 aromatic carbocycles. The summed E-state index contributed by atoms with van der Waals surface area (Å²) in [5.74, 6) is -1.03. The monoisotopic (exact) mass is 370 g/mol. The van der Waals surface area contributed by atoms with Gasteiger partial charge in [-0.3, -0.25) is 14.4 Å². The van der Waals surface area contributed by atoms with Crippen LogP contribution < -0.4 is 9.96 Å². The van der Waals surface area contributed by atoms with Crippen molar-refractivity contribution in [3.05, 3.63) is 59.6 Å². The number of amides is 2. The van der Waals surface area contributed by atoms with Gasteiger partial charge in [-0.2, -0.15) is 0 Å². The van der Waals surface area contributed by atoms with Crippen molar-refractivity contribution in [2.24, 2.45) is 5.92 Å². The van der Waals surface area contributed by atoms with E-state index in [4.69, 9.17) is 16.4 Å². The molecule has 26 heavy (non-hydrogen) atoms. The molecule has 2 fully saturated rings. The number of hydrogen-bond donors (Lipinski definition) is 0. The number of halogens is 1. The first kappa shape index (κ1) is 17.1. The van der Waals surface area contributed by atoms with E-state index < -0.39 is 12.0 Å². The lowest BCUT2D eigenvalue weighted by atomic mass is 9.93. The second-order valence-electron chi connectivity index (χ2n) is 6.56. The number of carbonyl (C=O) groups excluding carboxylic acids is 2. The van der Waals surface area contributed by atoms with Gasteiger partial charge in [-0.15, -0.1) is 0 Å². The Morgan fingerprint density at radius 1 is 0.962 bits per heavy atom. The Kier molecular flexibility index (Phi) is 4.42. The maximum absolute atomic E-state index is 13.1. The lowest BCUT2D eigenvalue weighted by molar-refractivity contribution is -0.126. The zero-order valence-electron chi connectivity index (χ0n) is 14.3. The van der Waals surface area contributed by atoms with Crippen molar-refractivity contribution < 1.29 is 14.4 Å². The predicted octanol–water partition coefficient (Wildman–Crippen LogP) is 3.82. The molecule has 0 saturated carbocycles. The highest BCUT2D eigenvalue weighted by Gasteiger charge is 2.59. The van der Waals surface area contributed by atoms with Crippen LogP contribution in [0.15, 0.2) is 54.6 Å². The Labute approximate surface area is 157 Å². The SMILES string of the molecule is CCC[C@H]1[C@H]2C(=O)N(c3ccc(Cl)cc3)C(=O)[C@H]2ON1c1ccccc1. The standard InChI is InChI=1S/C20H19ClN2O3/c1-2-6-16-17-18(26-23(16)15-7-4-3-5-8-15)20(25)22(19(17)24)14-11-9-13(21)10-12-14/h3-5,7-12,16-18H,2,6H2,1H3/t16-,17+,18-/m0/s1. The number of fused-ring (bicyclic) bond motifs is 1. The zero-order valence-corrected chi connectivity index (χ0v) is 15.1. The average Bonchev–Trinajstić information content (AvgIpc) is 3.14. The summed E-state index contributed by atoms with van der Waals surface area (Å²) in [6, 6.07) is 16.2. The van der Waals surface area contributed by atoms with E-state index in [9.17, 15) is 9.59 Å². The lowest BCUT2D eigenvalue weighted by Gasteiger charge is -2.28. The van der Waals surface area contributed by atoms with Gasteiger partial charge in [0.1, 0.15) is 0 Å². The Balaban J connectivity index is 1.67. The van der Waals surface area contributed by atoms with Crippen molar-refractivity contribution in [3.63, 3.8) is 0 Å². The molecule has 2 aliphatic rings. The molecule has 0 aliphatic carbocycles. The Morgan fingerprint density at radius 2 is 1.65 bits per heavy atom. The molecule has 0 radical (unpaired) electrons. The van der Waals surface area contributed by atoms with E-state index in [-0.39, 0.29) is 17.9 Å². The fourth-order valence-corrected chi connectivity index (χ4v) is 3.88. The minimum absolute atomic E-state index is 0.166. The van der Waals surface area contributed by atoms with E-state index in [1.165, 1.54) is 4.90 Å². The van der Waals surface area contributed by atoms with Crippen LogP contribution in [0.4, 0.5) is 11.4 Å². The third-order valence-corrected chi connectivity index (χ3v) is 5.17. The fraction of sp³-hybridized carbons (Fsp3) is 0.300. The first-order valence-corrected chi connectivity index (χ1v) is 9.14. The number of hydrogen-bond acceptors (Lipinski definition) is 4. The summed E-state index contributed by atoms with van der Waals surface area (Å²) in [7, 11) is 0. The summed E-state index contributed by atoms with van der Waals surface area (Å²) in [5.41, 5.74) is 1.39. The van der Waals surface area contributed by atoms with Crippen LogP contribution in [0.3, 0.4) is 0 Å². The Hall–Kier alpha value is -2.37. The lowest BCUT2D eigenvalue weighted by Crippen LogP contribution is -2.40. The van der Waals surface area contributed by atoms with Crippen molar-refractivity contribution in [1.82, 2.24) is 0 Å². The molecule has 2 aliphatic heterocycles. The maximum atomic E-state index is 13.1. The number of carbonyl (C=O) groups is 2. The summed E-state index contributed by atoms with van der Waals surface area (Å²) >= 11 is 5.92. The largest absolute Gasteiger partial charge is 0.273 e. The molecule has 2 aromatic rings. The van der Waals surface area contributed by atoms with Gasteiger partial charge in [0.15, 0.2) is 6.10 Å². The molecule has 5 nitrogen and oxygen atoms in total. The minimum Gasteiger partial charge on any atom is -0.273 e. The molecule has 0 aromatic heterocycles. The van der Waals surface area contributed by atoms with Gasteiger partial charge >= 0.3 is 0 Å². The molecule has 134 valence electrons. The van der Waals surface area contributed by atoms with Crippen molar-refractivity contribution in [1.29, 1.82) is 0 Å². The molecule has 0 spiro atoms. The van der Waals surface area contributed by atoms with Crippen LogP contribution in [0, 0.1) is 5.92 Å². The van der Waals surface area contributed by atoms with E-state index in [2.05, 4.69) is 6.92 Å². The number of hydroxylamine groups is 1. The van der Waals surface area contributed by atoms with Gasteiger partial charge in [0, 0.05) is 5.02 Å². The summed E-state index contributed by atoms with van der Waals surface area (Å²) in [5, 5.41) is 2.30. The smallest absolute Gasteiger partial charge is 0.266 e. The number of anilines is 2. The Bertz CT molecular complexity index is 825. The van der Waals surface area contributed by atoms with Gasteiger partial charge < -0.3 is 0 Å². The molecule has 2 amide bonds.